The van der Waals surface area contributed by atoms with Crippen molar-refractivity contribution in [3.63, 3.8) is 0 Å². The van der Waals surface area contributed by atoms with Crippen molar-refractivity contribution in [2.45, 2.75) is 12.3 Å². The Morgan fingerprint density at radius 2 is 2.08 bits per heavy atom. The first kappa shape index (κ1) is 16.1. The molecule has 2 aromatic rings. The third kappa shape index (κ3) is 3.13. The molecule has 1 saturated heterocycles. The van der Waals surface area contributed by atoms with Crippen molar-refractivity contribution in [2.75, 3.05) is 32.2 Å². The minimum Gasteiger partial charge on any atom is -0.497 e. The molecule has 1 atom stereocenters. The summed E-state index contributed by atoms with van der Waals surface area (Å²) in [7, 11) is 3.31. The fourth-order valence-electron chi connectivity index (χ4n) is 3.10. The molecule has 0 aliphatic carbocycles. The molecule has 126 valence electrons. The summed E-state index contributed by atoms with van der Waals surface area (Å²) in [5.74, 6) is 1.61. The number of aromatic carboxylic acids is 1. The second kappa shape index (κ2) is 6.78. The first-order valence-electron chi connectivity index (χ1n) is 7.79. The van der Waals surface area contributed by atoms with E-state index in [1.807, 2.05) is 24.3 Å². The van der Waals surface area contributed by atoms with Crippen molar-refractivity contribution < 1.29 is 19.4 Å². The second-order valence-corrected chi connectivity index (χ2v) is 5.73. The van der Waals surface area contributed by atoms with Crippen LogP contribution in [-0.4, -0.2) is 43.4 Å². The van der Waals surface area contributed by atoms with Crippen LogP contribution in [0.25, 0.3) is 0 Å². The van der Waals surface area contributed by atoms with Gasteiger partial charge >= 0.3 is 5.97 Å². The average molecular weight is 328 g/mol. The van der Waals surface area contributed by atoms with Gasteiger partial charge in [0, 0.05) is 24.6 Å². The maximum atomic E-state index is 11.1. The molecule has 1 aromatic carbocycles. The van der Waals surface area contributed by atoms with Crippen LogP contribution >= 0.6 is 0 Å². The van der Waals surface area contributed by atoms with E-state index in [4.69, 9.17) is 14.6 Å². The summed E-state index contributed by atoms with van der Waals surface area (Å²) in [5.41, 5.74) is 1.17. The molecule has 24 heavy (non-hydrogen) atoms. The van der Waals surface area contributed by atoms with E-state index in [1.54, 1.807) is 20.3 Å². The van der Waals surface area contributed by atoms with E-state index >= 15 is 0 Å². The molecular formula is C18H20N2O4. The molecule has 1 aromatic heterocycles. The van der Waals surface area contributed by atoms with Crippen LogP contribution < -0.4 is 14.4 Å². The summed E-state index contributed by atoms with van der Waals surface area (Å²) in [6.45, 7) is 1.58. The topological polar surface area (TPSA) is 71.9 Å². The minimum absolute atomic E-state index is 0.0647. The largest absolute Gasteiger partial charge is 0.497 e. The van der Waals surface area contributed by atoms with Crippen molar-refractivity contribution in [3.8, 4) is 11.5 Å². The number of aromatic nitrogens is 1. The van der Waals surface area contributed by atoms with Crippen LogP contribution in [0, 0.1) is 0 Å². The van der Waals surface area contributed by atoms with E-state index in [2.05, 4.69) is 9.88 Å². The SMILES string of the molecule is COc1ccc(OC)c([C@H]2CCN(c3cccc(C(=O)O)n3)C2)c1. The number of anilines is 1. The lowest BCUT2D eigenvalue weighted by molar-refractivity contribution is 0.0690. The number of methoxy groups -OCH3 is 2. The smallest absolute Gasteiger partial charge is 0.354 e. The van der Waals surface area contributed by atoms with Crippen LogP contribution in [0.3, 0.4) is 0 Å². The number of carboxylic acids is 1. The Morgan fingerprint density at radius 1 is 1.25 bits per heavy atom. The minimum atomic E-state index is -1.01. The highest BCUT2D eigenvalue weighted by Gasteiger charge is 2.27. The average Bonchev–Trinajstić information content (AvgIpc) is 3.11. The van der Waals surface area contributed by atoms with Crippen LogP contribution in [0.4, 0.5) is 5.82 Å². The molecule has 0 saturated carbocycles. The molecule has 0 bridgehead atoms. The van der Waals surface area contributed by atoms with E-state index in [1.165, 1.54) is 6.07 Å². The molecule has 6 heteroatoms. The highest BCUT2D eigenvalue weighted by molar-refractivity contribution is 5.85. The molecular weight excluding hydrogens is 308 g/mol. The van der Waals surface area contributed by atoms with Crippen LogP contribution in [0.1, 0.15) is 28.4 Å². The van der Waals surface area contributed by atoms with Gasteiger partial charge in [-0.15, -0.1) is 0 Å². The van der Waals surface area contributed by atoms with Crippen molar-refractivity contribution >= 4 is 11.8 Å². The summed E-state index contributed by atoms with van der Waals surface area (Å²) in [4.78, 5) is 17.4. The predicted molar refractivity (Wildman–Crippen MR) is 90.3 cm³/mol. The van der Waals surface area contributed by atoms with Crippen molar-refractivity contribution in [1.82, 2.24) is 4.98 Å². The monoisotopic (exact) mass is 328 g/mol. The van der Waals surface area contributed by atoms with Gasteiger partial charge in [0.2, 0.25) is 0 Å². The number of nitrogens with zero attached hydrogens (tertiary/aromatic N) is 2. The number of pyridine rings is 1. The molecule has 6 nitrogen and oxygen atoms in total. The van der Waals surface area contributed by atoms with E-state index < -0.39 is 5.97 Å². The predicted octanol–water partition coefficient (Wildman–Crippen LogP) is 2.79. The maximum absolute atomic E-state index is 11.1. The second-order valence-electron chi connectivity index (χ2n) is 5.73. The fourth-order valence-corrected chi connectivity index (χ4v) is 3.10. The van der Waals surface area contributed by atoms with Gasteiger partial charge in [-0.3, -0.25) is 0 Å². The number of benzene rings is 1. The van der Waals surface area contributed by atoms with Crippen molar-refractivity contribution in [3.05, 3.63) is 47.7 Å². The van der Waals surface area contributed by atoms with Gasteiger partial charge in [0.05, 0.1) is 14.2 Å². The van der Waals surface area contributed by atoms with E-state index in [-0.39, 0.29) is 11.6 Å². The molecule has 0 spiro atoms. The van der Waals surface area contributed by atoms with E-state index in [0.29, 0.717) is 5.82 Å². The molecule has 0 unspecified atom stereocenters. The zero-order chi connectivity index (χ0) is 17.1. The summed E-state index contributed by atoms with van der Waals surface area (Å²) >= 11 is 0. The molecule has 0 radical (unpaired) electrons. The summed E-state index contributed by atoms with van der Waals surface area (Å²) in [5, 5.41) is 9.10. The van der Waals surface area contributed by atoms with E-state index in [9.17, 15) is 4.79 Å². The molecule has 2 heterocycles. The number of hydrogen-bond acceptors (Lipinski definition) is 5. The maximum Gasteiger partial charge on any atom is 0.354 e. The third-order valence-corrected chi connectivity index (χ3v) is 4.34. The first-order valence-corrected chi connectivity index (χ1v) is 7.79. The summed E-state index contributed by atoms with van der Waals surface area (Å²) in [6, 6.07) is 10.9. The summed E-state index contributed by atoms with van der Waals surface area (Å²) in [6.07, 6.45) is 0.947. The van der Waals surface area contributed by atoms with Gasteiger partial charge < -0.3 is 19.5 Å². The number of ether oxygens (including phenoxy) is 2. The third-order valence-electron chi connectivity index (χ3n) is 4.34. The number of hydrogen-bond donors (Lipinski definition) is 1. The van der Waals surface area contributed by atoms with Gasteiger partial charge in [-0.25, -0.2) is 9.78 Å². The van der Waals surface area contributed by atoms with Crippen LogP contribution in [0.15, 0.2) is 36.4 Å². The zero-order valence-corrected chi connectivity index (χ0v) is 13.7. The highest BCUT2D eigenvalue weighted by Crippen LogP contribution is 2.37. The van der Waals surface area contributed by atoms with Gasteiger partial charge in [0.1, 0.15) is 17.3 Å². The highest BCUT2D eigenvalue weighted by atomic mass is 16.5. The number of carbonyl (C=O) groups is 1. The lowest BCUT2D eigenvalue weighted by Gasteiger charge is -2.19. The van der Waals surface area contributed by atoms with Crippen molar-refractivity contribution in [2.24, 2.45) is 0 Å². The van der Waals surface area contributed by atoms with Crippen LogP contribution in [-0.2, 0) is 0 Å². The Morgan fingerprint density at radius 3 is 2.79 bits per heavy atom. The Balaban J connectivity index is 1.83. The van der Waals surface area contributed by atoms with Gasteiger partial charge in [-0.1, -0.05) is 6.07 Å². The first-order chi connectivity index (χ1) is 11.6. The molecule has 3 rings (SSSR count). The molecule has 1 aliphatic rings. The summed E-state index contributed by atoms with van der Waals surface area (Å²) < 4.78 is 10.8. The number of rotatable bonds is 5. The van der Waals surface area contributed by atoms with Crippen molar-refractivity contribution in [1.29, 1.82) is 0 Å². The normalized spacial score (nSPS) is 16.9. The Hall–Kier alpha value is -2.76. The van der Waals surface area contributed by atoms with Gasteiger partial charge in [-0.2, -0.15) is 0 Å². The van der Waals surface area contributed by atoms with Gasteiger partial charge in [-0.05, 0) is 36.8 Å². The molecule has 1 fully saturated rings. The quantitative estimate of drug-likeness (QED) is 0.910. The lowest BCUT2D eigenvalue weighted by atomic mass is 9.97. The van der Waals surface area contributed by atoms with Crippen LogP contribution in [0.2, 0.25) is 0 Å². The molecule has 1 N–H and O–H groups in total. The van der Waals surface area contributed by atoms with Crippen LogP contribution in [0.5, 0.6) is 11.5 Å². The Bertz CT molecular complexity index is 748. The molecule has 1 aliphatic heterocycles. The Labute approximate surface area is 140 Å². The van der Waals surface area contributed by atoms with E-state index in [0.717, 1.165) is 36.6 Å². The standard InChI is InChI=1S/C18H20N2O4/c1-23-13-6-7-16(24-2)14(10-13)12-8-9-20(11-12)17-5-3-4-15(19-17)18(21)22/h3-7,10,12H,8-9,11H2,1-2H3,(H,21,22)/t12-/m0/s1. The fraction of sp³-hybridized carbons (Fsp3) is 0.333. The molecule has 0 amide bonds. The van der Waals surface area contributed by atoms with Gasteiger partial charge in [0.15, 0.2) is 5.69 Å². The lowest BCUT2D eigenvalue weighted by Crippen LogP contribution is -2.21. The Kier molecular flexibility index (Phi) is 4.55. The number of carboxylic acid groups (broad SMARTS) is 1. The van der Waals surface area contributed by atoms with Gasteiger partial charge in [0.25, 0.3) is 0 Å². The zero-order valence-electron chi connectivity index (χ0n) is 13.7.